The van der Waals surface area contributed by atoms with Crippen molar-refractivity contribution < 1.29 is 0 Å². The Morgan fingerprint density at radius 2 is 0.576 bits per heavy atom. The Morgan fingerprint density at radius 3 is 1.05 bits per heavy atom. The van der Waals surface area contributed by atoms with E-state index in [-0.39, 0.29) is 0 Å². The van der Waals surface area contributed by atoms with Gasteiger partial charge in [-0.05, 0) is 95.1 Å². The molecule has 17 rings (SSSR count). The lowest BCUT2D eigenvalue weighted by atomic mass is 9.99. The second kappa shape index (κ2) is 22.9. The highest BCUT2D eigenvalue weighted by Gasteiger charge is 2.30. The second-order valence-corrected chi connectivity index (χ2v) is 23.1. The topological polar surface area (TPSA) is 74.3 Å². The average Bonchev–Trinajstić information content (AvgIpc) is 1.55. The highest BCUT2D eigenvalue weighted by molar-refractivity contribution is 6.14. The molecule has 0 fully saturated rings. The fourth-order valence-electron chi connectivity index (χ4n) is 13.2. The van der Waals surface area contributed by atoms with Gasteiger partial charge < -0.3 is 9.13 Å². The highest BCUT2D eigenvalue weighted by atomic mass is 15.1. The van der Waals surface area contributed by atoms with Gasteiger partial charge in [0.15, 0.2) is 11.6 Å². The van der Waals surface area contributed by atoms with Crippen LogP contribution >= 0.6 is 0 Å². The van der Waals surface area contributed by atoms with E-state index in [0.29, 0.717) is 11.6 Å². The lowest BCUT2D eigenvalue weighted by Gasteiger charge is -2.23. The fraction of sp³-hybridized carbons (Fsp3) is 0. The van der Waals surface area contributed by atoms with Crippen LogP contribution in [0.15, 0.2) is 334 Å². The van der Waals surface area contributed by atoms with Gasteiger partial charge in [0.1, 0.15) is 0 Å². The van der Waals surface area contributed by atoms with Crippen molar-refractivity contribution in [3.63, 3.8) is 0 Å². The fourth-order valence-corrected chi connectivity index (χ4v) is 13.2. The Kier molecular flexibility index (Phi) is 13.4. The molecule has 5 aromatic heterocycles. The molecule has 12 aromatic carbocycles. The van der Waals surface area contributed by atoms with E-state index in [2.05, 4.69) is 325 Å². The molecule has 0 aliphatic rings. The first-order valence-corrected chi connectivity index (χ1v) is 31.1. The predicted molar refractivity (Wildman–Crippen MR) is 378 cm³/mol. The number of para-hydroxylation sites is 1. The van der Waals surface area contributed by atoms with Gasteiger partial charge in [0.2, 0.25) is 0 Å². The standard InChI is InChI=1S/C85H55N7/c1-8-25-56(26-9-1)63-44-48-78-69(51-63)70-52-64(57-27-10-2-11-28-57)45-49-79(70)92(78)83-68(84-87-73(59-31-14-4-15-32-59)54-74(88-84)60-33-16-5-17-34-60)47-50-80(82(83)85-89-75(61-35-18-6-19-36-61)55-76(90-85)62-37-20-7-21-38-62)91-77-42-23-22-39-66(77)67-46-43-65(53-81(67)91)72-41-24-40-71(86-72)58-29-12-3-13-30-58/h1-55H. The molecule has 92 heavy (non-hydrogen) atoms. The van der Waals surface area contributed by atoms with E-state index >= 15 is 0 Å². The maximum Gasteiger partial charge on any atom is 0.164 e. The van der Waals surface area contributed by atoms with E-state index in [9.17, 15) is 0 Å². The summed E-state index contributed by atoms with van der Waals surface area (Å²) in [5.74, 6) is 1.07. The maximum absolute atomic E-state index is 5.85. The quantitative estimate of drug-likeness (QED) is 0.122. The molecule has 7 nitrogen and oxygen atoms in total. The normalized spacial score (nSPS) is 11.5. The summed E-state index contributed by atoms with van der Waals surface area (Å²) >= 11 is 0. The third kappa shape index (κ3) is 9.69. The average molecular weight is 1170 g/mol. The molecule has 430 valence electrons. The van der Waals surface area contributed by atoms with Crippen molar-refractivity contribution in [1.29, 1.82) is 0 Å². The molecule has 0 atom stereocenters. The molecule has 0 N–H and O–H groups in total. The van der Waals surface area contributed by atoms with Crippen molar-refractivity contribution in [1.82, 2.24) is 34.1 Å². The number of pyridine rings is 1. The van der Waals surface area contributed by atoms with Crippen LogP contribution in [0, 0.1) is 0 Å². The summed E-state index contributed by atoms with van der Waals surface area (Å²) in [6.07, 6.45) is 0. The van der Waals surface area contributed by atoms with Crippen molar-refractivity contribution in [2.75, 3.05) is 0 Å². The zero-order chi connectivity index (χ0) is 60.9. The molecule has 7 heteroatoms. The second-order valence-electron chi connectivity index (χ2n) is 23.1. The molecule has 0 aliphatic heterocycles. The van der Waals surface area contributed by atoms with Gasteiger partial charge in [-0.25, -0.2) is 24.9 Å². The van der Waals surface area contributed by atoms with Crippen molar-refractivity contribution in [3.05, 3.63) is 334 Å². The Bertz CT molecular complexity index is 5380. The van der Waals surface area contributed by atoms with Crippen LogP contribution in [0.3, 0.4) is 0 Å². The highest BCUT2D eigenvalue weighted by Crippen LogP contribution is 2.48. The third-order valence-electron chi connectivity index (χ3n) is 17.6. The monoisotopic (exact) mass is 1170 g/mol. The summed E-state index contributed by atoms with van der Waals surface area (Å²) in [5, 5.41) is 4.36. The number of rotatable bonds is 12. The lowest BCUT2D eigenvalue weighted by molar-refractivity contribution is 1.09. The van der Waals surface area contributed by atoms with Gasteiger partial charge in [-0.2, -0.15) is 0 Å². The molecule has 0 bridgehead atoms. The summed E-state index contributed by atoms with van der Waals surface area (Å²) in [7, 11) is 0. The van der Waals surface area contributed by atoms with Crippen LogP contribution in [-0.2, 0) is 0 Å². The largest absolute Gasteiger partial charge is 0.308 e. The van der Waals surface area contributed by atoms with Gasteiger partial charge in [0, 0.05) is 60.5 Å². The molecular formula is C85H55N7. The first-order chi connectivity index (χ1) is 45.6. The number of hydrogen-bond donors (Lipinski definition) is 0. The van der Waals surface area contributed by atoms with Crippen LogP contribution in [0.1, 0.15) is 0 Å². The van der Waals surface area contributed by atoms with Crippen LogP contribution in [-0.4, -0.2) is 34.1 Å². The minimum atomic E-state index is 0.524. The van der Waals surface area contributed by atoms with Crippen molar-refractivity contribution >= 4 is 43.6 Å². The molecule has 0 spiro atoms. The van der Waals surface area contributed by atoms with Crippen LogP contribution < -0.4 is 0 Å². The minimum absolute atomic E-state index is 0.524. The van der Waals surface area contributed by atoms with Gasteiger partial charge in [0.25, 0.3) is 0 Å². The Balaban J connectivity index is 1.06. The smallest absolute Gasteiger partial charge is 0.164 e. The van der Waals surface area contributed by atoms with Crippen molar-refractivity contribution in [3.8, 4) is 124 Å². The van der Waals surface area contributed by atoms with Gasteiger partial charge in [-0.1, -0.05) is 261 Å². The maximum atomic E-state index is 5.85. The van der Waals surface area contributed by atoms with Crippen molar-refractivity contribution in [2.24, 2.45) is 0 Å². The summed E-state index contributed by atoms with van der Waals surface area (Å²) in [6, 6.07) is 118. The molecule has 0 aliphatic carbocycles. The number of aromatic nitrogens is 7. The molecule has 0 radical (unpaired) electrons. The van der Waals surface area contributed by atoms with E-state index < -0.39 is 0 Å². The third-order valence-corrected chi connectivity index (χ3v) is 17.6. The van der Waals surface area contributed by atoms with Gasteiger partial charge in [-0.3, -0.25) is 0 Å². The Morgan fingerprint density at radius 1 is 0.196 bits per heavy atom. The number of fused-ring (bicyclic) bond motifs is 6. The summed E-state index contributed by atoms with van der Waals surface area (Å²) in [4.78, 5) is 28.4. The number of hydrogen-bond acceptors (Lipinski definition) is 5. The lowest BCUT2D eigenvalue weighted by Crippen LogP contribution is -2.09. The van der Waals surface area contributed by atoms with Gasteiger partial charge >= 0.3 is 0 Å². The predicted octanol–water partition coefficient (Wildman–Crippen LogP) is 21.5. The Labute approximate surface area is 532 Å². The zero-order valence-electron chi connectivity index (χ0n) is 49.9. The molecule has 0 saturated carbocycles. The zero-order valence-corrected chi connectivity index (χ0v) is 49.9. The van der Waals surface area contributed by atoms with Crippen LogP contribution in [0.5, 0.6) is 0 Å². The molecule has 5 heterocycles. The number of benzene rings is 12. The Hall–Kier alpha value is -12.5. The van der Waals surface area contributed by atoms with Crippen LogP contribution in [0.25, 0.3) is 168 Å². The van der Waals surface area contributed by atoms with E-state index in [1.54, 1.807) is 0 Å². The molecule has 0 unspecified atom stereocenters. The van der Waals surface area contributed by atoms with E-state index in [1.807, 2.05) is 18.2 Å². The molecule has 17 aromatic rings. The van der Waals surface area contributed by atoms with Gasteiger partial charge in [-0.15, -0.1) is 0 Å². The van der Waals surface area contributed by atoms with E-state index in [4.69, 9.17) is 24.9 Å². The number of nitrogens with zero attached hydrogens (tertiary/aromatic N) is 7. The summed E-state index contributed by atoms with van der Waals surface area (Å²) in [5.41, 5.74) is 22.5. The molecular weight excluding hydrogens is 1120 g/mol. The minimum Gasteiger partial charge on any atom is -0.308 e. The summed E-state index contributed by atoms with van der Waals surface area (Å²) in [6.45, 7) is 0. The molecule has 0 amide bonds. The first kappa shape index (κ1) is 53.8. The van der Waals surface area contributed by atoms with E-state index in [1.165, 1.54) is 0 Å². The summed E-state index contributed by atoms with van der Waals surface area (Å²) < 4.78 is 4.87. The van der Waals surface area contributed by atoms with Crippen LogP contribution in [0.4, 0.5) is 0 Å². The van der Waals surface area contributed by atoms with Crippen LogP contribution in [0.2, 0.25) is 0 Å². The van der Waals surface area contributed by atoms with Gasteiger partial charge in [0.05, 0.1) is 73.2 Å². The van der Waals surface area contributed by atoms with E-state index in [0.717, 1.165) is 156 Å². The SMILES string of the molecule is c1ccc(-c2ccc3c(c2)c2cc(-c4ccccc4)ccc2n3-c2c(-c3nc(-c4ccccc4)cc(-c4ccccc4)n3)ccc(-n3c4ccccc4c4ccc(-c5cccc(-c6ccccc6)n5)cc43)c2-c2nc(-c3ccccc3)cc(-c3ccccc3)n2)cc1. The van der Waals surface area contributed by atoms with Crippen molar-refractivity contribution in [2.45, 2.75) is 0 Å². The molecule has 0 saturated heterocycles. The first-order valence-electron chi connectivity index (χ1n) is 31.1.